The monoisotopic (exact) mass is 271 g/mol. The number of aromatic nitrogens is 4. The van der Waals surface area contributed by atoms with E-state index in [-0.39, 0.29) is 0 Å². The van der Waals surface area contributed by atoms with Crippen LogP contribution in [0.2, 0.25) is 0 Å². The molecule has 0 aliphatic carbocycles. The molecule has 0 saturated heterocycles. The van der Waals surface area contributed by atoms with Crippen LogP contribution in [0.3, 0.4) is 0 Å². The van der Waals surface area contributed by atoms with E-state index in [2.05, 4.69) is 33.5 Å². The Balaban J connectivity index is 2.13. The Hall–Kier alpha value is -2.37. The van der Waals surface area contributed by atoms with Crippen LogP contribution in [0.15, 0.2) is 22.7 Å². The lowest BCUT2D eigenvalue weighted by Gasteiger charge is -2.09. The molecular formula is C14H17N5O. The molecule has 1 aromatic carbocycles. The third-order valence-corrected chi connectivity index (χ3v) is 3.19. The number of nitrogens with two attached hydrogens (primary N) is 1. The maximum absolute atomic E-state index is 5.83. The first-order chi connectivity index (χ1) is 9.54. The quantitative estimate of drug-likeness (QED) is 0.740. The molecule has 20 heavy (non-hydrogen) atoms. The molecule has 6 heteroatoms. The van der Waals surface area contributed by atoms with Crippen molar-refractivity contribution in [3.05, 3.63) is 35.7 Å². The van der Waals surface area contributed by atoms with Crippen LogP contribution >= 0.6 is 0 Å². The van der Waals surface area contributed by atoms with Gasteiger partial charge >= 0.3 is 0 Å². The van der Waals surface area contributed by atoms with Gasteiger partial charge in [0.15, 0.2) is 5.82 Å². The van der Waals surface area contributed by atoms with Crippen molar-refractivity contribution in [1.82, 2.24) is 19.7 Å². The molecule has 0 atom stereocenters. The number of aryl methyl sites for hydroxylation is 1. The molecule has 6 nitrogen and oxygen atoms in total. The fraction of sp³-hybridized carbons (Fsp3) is 0.357. The maximum atomic E-state index is 5.83. The summed E-state index contributed by atoms with van der Waals surface area (Å²) in [5.74, 6) is 2.52. The van der Waals surface area contributed by atoms with Crippen LogP contribution in [0.25, 0.3) is 11.0 Å². The number of rotatable bonds is 3. The molecule has 0 bridgehead atoms. The van der Waals surface area contributed by atoms with Gasteiger partial charge in [0, 0.05) is 18.5 Å². The van der Waals surface area contributed by atoms with Crippen molar-refractivity contribution < 1.29 is 4.52 Å². The summed E-state index contributed by atoms with van der Waals surface area (Å²) in [6.07, 6.45) is 0. The molecular weight excluding hydrogens is 254 g/mol. The van der Waals surface area contributed by atoms with E-state index >= 15 is 0 Å². The minimum Gasteiger partial charge on any atom is -0.399 e. The molecule has 0 radical (unpaired) electrons. The first-order valence-electron chi connectivity index (χ1n) is 6.59. The Morgan fingerprint density at radius 2 is 2.10 bits per heavy atom. The zero-order valence-electron chi connectivity index (χ0n) is 11.8. The molecule has 2 heterocycles. The summed E-state index contributed by atoms with van der Waals surface area (Å²) < 4.78 is 7.14. The summed E-state index contributed by atoms with van der Waals surface area (Å²) in [5, 5.41) is 3.96. The Bertz CT molecular complexity index is 756. The fourth-order valence-corrected chi connectivity index (χ4v) is 2.32. The summed E-state index contributed by atoms with van der Waals surface area (Å²) in [7, 11) is 0. The lowest BCUT2D eigenvalue weighted by atomic mass is 10.2. The maximum Gasteiger partial charge on any atom is 0.223 e. The molecule has 0 fully saturated rings. The SMILES string of the molecule is Cc1nc(Cn2c(C(C)C)nc3cc(N)ccc32)no1. The topological polar surface area (TPSA) is 82.8 Å². The summed E-state index contributed by atoms with van der Waals surface area (Å²) >= 11 is 0. The summed E-state index contributed by atoms with van der Waals surface area (Å²) in [5.41, 5.74) is 8.47. The van der Waals surface area contributed by atoms with Gasteiger partial charge in [-0.1, -0.05) is 19.0 Å². The van der Waals surface area contributed by atoms with Gasteiger partial charge < -0.3 is 14.8 Å². The van der Waals surface area contributed by atoms with E-state index in [4.69, 9.17) is 10.3 Å². The van der Waals surface area contributed by atoms with Crippen molar-refractivity contribution in [2.45, 2.75) is 33.2 Å². The van der Waals surface area contributed by atoms with Crippen LogP contribution in [0, 0.1) is 6.92 Å². The molecule has 0 aliphatic heterocycles. The van der Waals surface area contributed by atoms with E-state index in [1.807, 2.05) is 18.2 Å². The third-order valence-electron chi connectivity index (χ3n) is 3.19. The Kier molecular flexibility index (Phi) is 2.93. The summed E-state index contributed by atoms with van der Waals surface area (Å²) in [6, 6.07) is 5.75. The van der Waals surface area contributed by atoms with E-state index in [9.17, 15) is 0 Å². The number of nitrogens with zero attached hydrogens (tertiary/aromatic N) is 4. The highest BCUT2D eigenvalue weighted by molar-refractivity contribution is 5.79. The molecule has 0 spiro atoms. The first-order valence-corrected chi connectivity index (χ1v) is 6.59. The van der Waals surface area contributed by atoms with Gasteiger partial charge in [0.05, 0.1) is 17.6 Å². The average Bonchev–Trinajstić information content (AvgIpc) is 2.94. The van der Waals surface area contributed by atoms with Crippen LogP contribution in [-0.4, -0.2) is 19.7 Å². The van der Waals surface area contributed by atoms with Gasteiger partial charge in [-0.25, -0.2) is 4.98 Å². The number of hydrogen-bond donors (Lipinski definition) is 1. The van der Waals surface area contributed by atoms with Gasteiger partial charge in [0.2, 0.25) is 5.89 Å². The predicted octanol–water partition coefficient (Wildman–Crippen LogP) is 2.48. The number of benzene rings is 1. The second kappa shape index (κ2) is 4.63. The predicted molar refractivity (Wildman–Crippen MR) is 76.4 cm³/mol. The van der Waals surface area contributed by atoms with Crippen molar-refractivity contribution in [2.24, 2.45) is 0 Å². The molecule has 0 aliphatic rings. The largest absolute Gasteiger partial charge is 0.399 e. The molecule has 3 aromatic rings. The molecule has 0 unspecified atom stereocenters. The molecule has 0 amide bonds. The molecule has 3 rings (SSSR count). The highest BCUT2D eigenvalue weighted by Crippen LogP contribution is 2.24. The zero-order chi connectivity index (χ0) is 14.3. The van der Waals surface area contributed by atoms with E-state index < -0.39 is 0 Å². The lowest BCUT2D eigenvalue weighted by Crippen LogP contribution is -2.07. The van der Waals surface area contributed by atoms with Gasteiger partial charge in [0.25, 0.3) is 0 Å². The standard InChI is InChI=1S/C14H17N5O/c1-8(2)14-17-11-6-10(15)4-5-12(11)19(14)7-13-16-9(3)20-18-13/h4-6,8H,7,15H2,1-3H3. The fourth-order valence-electron chi connectivity index (χ4n) is 2.32. The van der Waals surface area contributed by atoms with Crippen LogP contribution < -0.4 is 5.73 Å². The van der Waals surface area contributed by atoms with Crippen molar-refractivity contribution >= 4 is 16.7 Å². The zero-order valence-corrected chi connectivity index (χ0v) is 11.8. The number of anilines is 1. The summed E-state index contributed by atoms with van der Waals surface area (Å²) in [4.78, 5) is 8.93. The van der Waals surface area contributed by atoms with E-state index in [0.717, 1.165) is 16.9 Å². The number of hydrogen-bond acceptors (Lipinski definition) is 5. The van der Waals surface area contributed by atoms with Gasteiger partial charge in [-0.15, -0.1) is 0 Å². The molecule has 2 aromatic heterocycles. The van der Waals surface area contributed by atoms with E-state index in [0.29, 0.717) is 29.9 Å². The van der Waals surface area contributed by atoms with Crippen molar-refractivity contribution in [1.29, 1.82) is 0 Å². The van der Waals surface area contributed by atoms with Gasteiger partial charge in [0.1, 0.15) is 5.82 Å². The lowest BCUT2D eigenvalue weighted by molar-refractivity contribution is 0.386. The van der Waals surface area contributed by atoms with Crippen molar-refractivity contribution in [2.75, 3.05) is 5.73 Å². The van der Waals surface area contributed by atoms with Gasteiger partial charge in [-0.05, 0) is 18.2 Å². The van der Waals surface area contributed by atoms with E-state index in [1.165, 1.54) is 0 Å². The second-order valence-electron chi connectivity index (χ2n) is 5.19. The van der Waals surface area contributed by atoms with Crippen molar-refractivity contribution in [3.8, 4) is 0 Å². The van der Waals surface area contributed by atoms with Crippen LogP contribution in [0.1, 0.15) is 37.3 Å². The smallest absolute Gasteiger partial charge is 0.223 e. The summed E-state index contributed by atoms with van der Waals surface area (Å²) in [6.45, 7) is 6.56. The van der Waals surface area contributed by atoms with Crippen molar-refractivity contribution in [3.63, 3.8) is 0 Å². The average molecular weight is 271 g/mol. The number of imidazole rings is 1. The Morgan fingerprint density at radius 1 is 1.30 bits per heavy atom. The molecule has 2 N–H and O–H groups in total. The normalized spacial score (nSPS) is 11.6. The number of fused-ring (bicyclic) bond motifs is 1. The molecule has 104 valence electrons. The van der Waals surface area contributed by atoms with Crippen LogP contribution in [-0.2, 0) is 6.54 Å². The van der Waals surface area contributed by atoms with E-state index in [1.54, 1.807) is 6.92 Å². The van der Waals surface area contributed by atoms with Gasteiger partial charge in [-0.3, -0.25) is 0 Å². The van der Waals surface area contributed by atoms with Crippen LogP contribution in [0.5, 0.6) is 0 Å². The highest BCUT2D eigenvalue weighted by atomic mass is 16.5. The highest BCUT2D eigenvalue weighted by Gasteiger charge is 2.16. The molecule has 0 saturated carbocycles. The first kappa shape index (κ1) is 12.7. The third kappa shape index (κ3) is 2.13. The Morgan fingerprint density at radius 3 is 2.75 bits per heavy atom. The number of nitrogen functional groups attached to an aromatic ring is 1. The van der Waals surface area contributed by atoms with Gasteiger partial charge in [-0.2, -0.15) is 4.98 Å². The minimum absolute atomic E-state index is 0.302. The minimum atomic E-state index is 0.302. The van der Waals surface area contributed by atoms with Crippen LogP contribution in [0.4, 0.5) is 5.69 Å². The second-order valence-corrected chi connectivity index (χ2v) is 5.19. The Labute approximate surface area is 116 Å².